The van der Waals surface area contributed by atoms with Crippen molar-refractivity contribution in [3.05, 3.63) is 35.4 Å². The van der Waals surface area contributed by atoms with Crippen molar-refractivity contribution in [3.63, 3.8) is 0 Å². The van der Waals surface area contributed by atoms with E-state index < -0.39 is 0 Å². The molecule has 0 bridgehead atoms. The lowest BCUT2D eigenvalue weighted by Crippen LogP contribution is -2.37. The topological polar surface area (TPSA) is 23.5 Å². The minimum absolute atomic E-state index is 0.167. The highest BCUT2D eigenvalue weighted by molar-refractivity contribution is 5.28. The normalized spacial score (nSPS) is 25.2. The van der Waals surface area contributed by atoms with Crippen LogP contribution >= 0.6 is 0 Å². The van der Waals surface area contributed by atoms with E-state index in [-0.39, 0.29) is 11.5 Å². The number of nitrogens with zero attached hydrogens (tertiary/aromatic N) is 1. The van der Waals surface area contributed by atoms with Gasteiger partial charge in [-0.25, -0.2) is 0 Å². The standard InChI is InChI=1S/C19H31NO/c1-6-17-12-7-14(2)20(17)13-18(21)15-8-10-16(11-9-15)19(3,4)5/h8-11,14,17-18,21H,6-7,12-13H2,1-5H3. The van der Waals surface area contributed by atoms with Gasteiger partial charge in [0.1, 0.15) is 0 Å². The van der Waals surface area contributed by atoms with Gasteiger partial charge in [0.05, 0.1) is 6.10 Å². The molecule has 118 valence electrons. The van der Waals surface area contributed by atoms with Gasteiger partial charge in [-0.3, -0.25) is 4.90 Å². The molecule has 0 spiro atoms. The lowest BCUT2D eigenvalue weighted by atomic mass is 9.86. The van der Waals surface area contributed by atoms with Gasteiger partial charge in [0.15, 0.2) is 0 Å². The molecule has 2 rings (SSSR count). The number of rotatable bonds is 4. The third-order valence-electron chi connectivity index (χ3n) is 4.97. The lowest BCUT2D eigenvalue weighted by molar-refractivity contribution is 0.0860. The number of aliphatic hydroxyl groups is 1. The summed E-state index contributed by atoms with van der Waals surface area (Å²) in [5.41, 5.74) is 2.52. The van der Waals surface area contributed by atoms with E-state index in [0.29, 0.717) is 12.1 Å². The van der Waals surface area contributed by atoms with Crippen LogP contribution in [0.15, 0.2) is 24.3 Å². The second-order valence-electron chi connectivity index (χ2n) is 7.57. The van der Waals surface area contributed by atoms with Gasteiger partial charge >= 0.3 is 0 Å². The Morgan fingerprint density at radius 3 is 2.33 bits per heavy atom. The highest BCUT2D eigenvalue weighted by Gasteiger charge is 2.30. The zero-order valence-corrected chi connectivity index (χ0v) is 14.3. The van der Waals surface area contributed by atoms with Gasteiger partial charge in [-0.15, -0.1) is 0 Å². The van der Waals surface area contributed by atoms with Gasteiger partial charge in [0.25, 0.3) is 0 Å². The monoisotopic (exact) mass is 289 g/mol. The summed E-state index contributed by atoms with van der Waals surface area (Å²) < 4.78 is 0. The van der Waals surface area contributed by atoms with E-state index in [9.17, 15) is 5.11 Å². The fourth-order valence-corrected chi connectivity index (χ4v) is 3.40. The summed E-state index contributed by atoms with van der Waals surface area (Å²) in [5, 5.41) is 10.6. The molecule has 1 aliphatic rings. The Labute approximate surface area is 130 Å². The Morgan fingerprint density at radius 2 is 1.81 bits per heavy atom. The number of aliphatic hydroxyl groups excluding tert-OH is 1. The second kappa shape index (κ2) is 6.50. The van der Waals surface area contributed by atoms with E-state index in [1.807, 2.05) is 0 Å². The smallest absolute Gasteiger partial charge is 0.0917 e. The molecule has 1 heterocycles. The van der Waals surface area contributed by atoms with Crippen LogP contribution in [0.4, 0.5) is 0 Å². The highest BCUT2D eigenvalue weighted by Crippen LogP contribution is 2.29. The molecule has 21 heavy (non-hydrogen) atoms. The van der Waals surface area contributed by atoms with Gasteiger partial charge in [-0.05, 0) is 42.7 Å². The van der Waals surface area contributed by atoms with Crippen molar-refractivity contribution in [1.29, 1.82) is 0 Å². The van der Waals surface area contributed by atoms with E-state index in [0.717, 1.165) is 12.1 Å². The van der Waals surface area contributed by atoms with E-state index in [2.05, 4.69) is 63.8 Å². The van der Waals surface area contributed by atoms with Crippen LogP contribution in [0.2, 0.25) is 0 Å². The summed E-state index contributed by atoms with van der Waals surface area (Å²) in [6.07, 6.45) is 3.33. The zero-order chi connectivity index (χ0) is 15.6. The van der Waals surface area contributed by atoms with Crippen molar-refractivity contribution in [1.82, 2.24) is 4.90 Å². The molecule has 0 saturated carbocycles. The first-order valence-electron chi connectivity index (χ1n) is 8.37. The summed E-state index contributed by atoms with van der Waals surface area (Å²) in [6, 6.07) is 9.73. The van der Waals surface area contributed by atoms with Crippen molar-refractivity contribution in [2.75, 3.05) is 6.54 Å². The molecule has 2 heteroatoms. The minimum Gasteiger partial charge on any atom is -0.387 e. The number of β-amino-alcohol motifs (C(OH)–C–C–N with tert-alkyl or cyclic N) is 1. The Hall–Kier alpha value is -0.860. The zero-order valence-electron chi connectivity index (χ0n) is 14.3. The summed E-state index contributed by atoms with van der Waals surface area (Å²) in [7, 11) is 0. The van der Waals surface area contributed by atoms with Crippen molar-refractivity contribution in [2.24, 2.45) is 0 Å². The van der Waals surface area contributed by atoms with Crippen LogP contribution < -0.4 is 0 Å². The molecule has 1 N–H and O–H groups in total. The summed E-state index contributed by atoms with van der Waals surface area (Å²) in [6.45, 7) is 11.9. The molecule has 1 fully saturated rings. The molecule has 0 amide bonds. The molecule has 3 unspecified atom stereocenters. The van der Waals surface area contributed by atoms with E-state index in [1.165, 1.54) is 24.8 Å². The Kier molecular flexibility index (Phi) is 5.11. The van der Waals surface area contributed by atoms with E-state index in [4.69, 9.17) is 0 Å². The molecule has 1 saturated heterocycles. The Morgan fingerprint density at radius 1 is 1.19 bits per heavy atom. The molecular weight excluding hydrogens is 258 g/mol. The summed E-state index contributed by atoms with van der Waals surface area (Å²) in [5.74, 6) is 0. The number of benzene rings is 1. The third kappa shape index (κ3) is 3.87. The average molecular weight is 289 g/mol. The Balaban J connectivity index is 2.04. The molecule has 0 aromatic heterocycles. The molecular formula is C19H31NO. The van der Waals surface area contributed by atoms with Crippen molar-refractivity contribution < 1.29 is 5.11 Å². The van der Waals surface area contributed by atoms with Crippen molar-refractivity contribution in [2.45, 2.75) is 77.5 Å². The number of hydrogen-bond acceptors (Lipinski definition) is 2. The first-order chi connectivity index (χ1) is 9.82. The van der Waals surface area contributed by atoms with Gasteiger partial charge in [-0.1, -0.05) is 52.0 Å². The quantitative estimate of drug-likeness (QED) is 0.894. The molecule has 1 aromatic rings. The maximum absolute atomic E-state index is 10.6. The maximum atomic E-state index is 10.6. The van der Waals surface area contributed by atoms with Crippen LogP contribution in [0.3, 0.4) is 0 Å². The van der Waals surface area contributed by atoms with Crippen LogP contribution in [-0.2, 0) is 5.41 Å². The van der Waals surface area contributed by atoms with Gasteiger partial charge in [0.2, 0.25) is 0 Å². The average Bonchev–Trinajstić information content (AvgIpc) is 2.79. The Bertz CT molecular complexity index is 446. The minimum atomic E-state index is -0.381. The summed E-state index contributed by atoms with van der Waals surface area (Å²) in [4.78, 5) is 2.49. The molecule has 1 aliphatic heterocycles. The van der Waals surface area contributed by atoms with Crippen molar-refractivity contribution in [3.8, 4) is 0 Å². The first-order valence-corrected chi connectivity index (χ1v) is 8.37. The van der Waals surface area contributed by atoms with Gasteiger partial charge in [-0.2, -0.15) is 0 Å². The molecule has 0 radical (unpaired) electrons. The molecule has 3 atom stereocenters. The molecule has 1 aromatic carbocycles. The number of hydrogen-bond donors (Lipinski definition) is 1. The fraction of sp³-hybridized carbons (Fsp3) is 0.684. The first kappa shape index (κ1) is 16.5. The van der Waals surface area contributed by atoms with E-state index >= 15 is 0 Å². The summed E-state index contributed by atoms with van der Waals surface area (Å²) >= 11 is 0. The molecule has 0 aliphatic carbocycles. The van der Waals surface area contributed by atoms with Gasteiger partial charge < -0.3 is 5.11 Å². The molecule has 2 nitrogen and oxygen atoms in total. The highest BCUT2D eigenvalue weighted by atomic mass is 16.3. The number of likely N-dealkylation sites (tertiary alicyclic amines) is 1. The van der Waals surface area contributed by atoms with Crippen LogP contribution in [0.5, 0.6) is 0 Å². The van der Waals surface area contributed by atoms with Crippen LogP contribution in [0, 0.1) is 0 Å². The van der Waals surface area contributed by atoms with Crippen molar-refractivity contribution >= 4 is 0 Å². The fourth-order valence-electron chi connectivity index (χ4n) is 3.40. The van der Waals surface area contributed by atoms with Gasteiger partial charge in [0, 0.05) is 18.6 Å². The third-order valence-corrected chi connectivity index (χ3v) is 4.97. The SMILES string of the molecule is CCC1CCC(C)N1CC(O)c1ccc(C(C)(C)C)cc1. The lowest BCUT2D eigenvalue weighted by Gasteiger charge is -2.30. The van der Waals surface area contributed by atoms with Crippen LogP contribution in [-0.4, -0.2) is 28.6 Å². The van der Waals surface area contributed by atoms with Crippen LogP contribution in [0.1, 0.15) is 71.1 Å². The maximum Gasteiger partial charge on any atom is 0.0917 e. The van der Waals surface area contributed by atoms with Crippen LogP contribution in [0.25, 0.3) is 0 Å². The second-order valence-corrected chi connectivity index (χ2v) is 7.57. The largest absolute Gasteiger partial charge is 0.387 e. The predicted octanol–water partition coefficient (Wildman–Crippen LogP) is 4.28. The van der Waals surface area contributed by atoms with E-state index in [1.54, 1.807) is 0 Å². The predicted molar refractivity (Wildman–Crippen MR) is 89.6 cm³/mol.